The molecule has 1 aliphatic heterocycles. The van der Waals surface area contributed by atoms with Gasteiger partial charge in [0.15, 0.2) is 0 Å². The fourth-order valence-electron chi connectivity index (χ4n) is 3.10. The smallest absolute Gasteiger partial charge is 0.256 e. The lowest BCUT2D eigenvalue weighted by molar-refractivity contribution is -0.120. The van der Waals surface area contributed by atoms with Gasteiger partial charge in [0.25, 0.3) is 5.91 Å². The molecule has 0 unspecified atom stereocenters. The first-order chi connectivity index (χ1) is 14.0. The molecule has 1 saturated heterocycles. The molecule has 2 N–H and O–H groups in total. The molecule has 6 nitrogen and oxygen atoms in total. The third kappa shape index (κ3) is 5.32. The second-order valence-corrected chi connectivity index (χ2v) is 7.13. The van der Waals surface area contributed by atoms with Crippen molar-refractivity contribution in [3.8, 4) is 0 Å². The maximum atomic E-state index is 13.7. The van der Waals surface area contributed by atoms with Gasteiger partial charge in [-0.2, -0.15) is 0 Å². The standard InChI is InChI=1S/C21H21ClFN3O3/c22-16-4-3-5-17(23)20(16)21(29)25-13-18(27)24-12-14-7-9-15(10-8-14)26-11-2-1-6-19(26)28/h3-5,7-10H,1-2,6,11-13H2,(H,24,27)(H,25,29). The third-order valence-corrected chi connectivity index (χ3v) is 4.98. The van der Waals surface area contributed by atoms with Crippen LogP contribution in [0.3, 0.4) is 0 Å². The van der Waals surface area contributed by atoms with Crippen LogP contribution in [0.25, 0.3) is 0 Å². The Morgan fingerprint density at radius 3 is 2.52 bits per heavy atom. The Morgan fingerprint density at radius 2 is 1.83 bits per heavy atom. The summed E-state index contributed by atoms with van der Waals surface area (Å²) in [5.74, 6) is -1.79. The number of hydrogen-bond donors (Lipinski definition) is 2. The molecule has 1 aliphatic rings. The Hall–Kier alpha value is -2.93. The zero-order valence-electron chi connectivity index (χ0n) is 15.7. The molecular formula is C21H21ClFN3O3. The highest BCUT2D eigenvalue weighted by atomic mass is 35.5. The number of amides is 3. The quantitative estimate of drug-likeness (QED) is 0.758. The van der Waals surface area contributed by atoms with E-state index in [-0.39, 0.29) is 29.6 Å². The zero-order chi connectivity index (χ0) is 20.8. The average molecular weight is 418 g/mol. The largest absolute Gasteiger partial charge is 0.350 e. The fourth-order valence-corrected chi connectivity index (χ4v) is 3.35. The molecule has 3 amide bonds. The summed E-state index contributed by atoms with van der Waals surface area (Å²) in [6.45, 7) is 0.688. The van der Waals surface area contributed by atoms with Gasteiger partial charge in [0.2, 0.25) is 11.8 Å². The van der Waals surface area contributed by atoms with Crippen molar-refractivity contribution in [2.45, 2.75) is 25.8 Å². The number of benzene rings is 2. The second kappa shape index (κ2) is 9.52. The van der Waals surface area contributed by atoms with Gasteiger partial charge in [0.1, 0.15) is 5.82 Å². The Balaban J connectivity index is 1.48. The number of nitrogens with one attached hydrogen (secondary N) is 2. The second-order valence-electron chi connectivity index (χ2n) is 6.72. The molecule has 2 aromatic carbocycles. The van der Waals surface area contributed by atoms with E-state index in [4.69, 9.17) is 11.6 Å². The Labute approximate surface area is 173 Å². The van der Waals surface area contributed by atoms with Crippen LogP contribution in [-0.4, -0.2) is 30.8 Å². The molecule has 0 aromatic heterocycles. The lowest BCUT2D eigenvalue weighted by Gasteiger charge is -2.26. The van der Waals surface area contributed by atoms with Gasteiger partial charge in [0.05, 0.1) is 17.1 Å². The average Bonchev–Trinajstić information content (AvgIpc) is 2.71. The zero-order valence-corrected chi connectivity index (χ0v) is 16.5. The van der Waals surface area contributed by atoms with Crippen LogP contribution < -0.4 is 15.5 Å². The van der Waals surface area contributed by atoms with Crippen molar-refractivity contribution < 1.29 is 18.8 Å². The lowest BCUT2D eigenvalue weighted by atomic mass is 10.1. The van der Waals surface area contributed by atoms with Gasteiger partial charge >= 0.3 is 0 Å². The number of anilines is 1. The van der Waals surface area contributed by atoms with E-state index in [0.29, 0.717) is 6.42 Å². The summed E-state index contributed by atoms with van der Waals surface area (Å²) < 4.78 is 13.7. The Morgan fingerprint density at radius 1 is 1.07 bits per heavy atom. The summed E-state index contributed by atoms with van der Waals surface area (Å²) in [6, 6.07) is 11.3. The SMILES string of the molecule is O=C(CNC(=O)c1c(F)cccc1Cl)NCc1ccc(N2CCCCC2=O)cc1. The van der Waals surface area contributed by atoms with E-state index in [9.17, 15) is 18.8 Å². The molecule has 2 aromatic rings. The van der Waals surface area contributed by atoms with Crippen LogP contribution in [0.1, 0.15) is 35.2 Å². The summed E-state index contributed by atoms with van der Waals surface area (Å²) in [5.41, 5.74) is 1.42. The molecule has 0 bridgehead atoms. The molecule has 0 radical (unpaired) electrons. The normalized spacial score (nSPS) is 13.9. The summed E-state index contributed by atoms with van der Waals surface area (Å²) in [6.07, 6.45) is 2.49. The van der Waals surface area contributed by atoms with Gasteiger partial charge in [-0.3, -0.25) is 14.4 Å². The number of carbonyl (C=O) groups excluding carboxylic acids is 3. The molecule has 152 valence electrons. The number of piperidine rings is 1. The minimum atomic E-state index is -0.751. The van der Waals surface area contributed by atoms with E-state index in [2.05, 4.69) is 10.6 Å². The molecule has 0 spiro atoms. The van der Waals surface area contributed by atoms with Crippen LogP contribution in [0.15, 0.2) is 42.5 Å². The van der Waals surface area contributed by atoms with Crippen molar-refractivity contribution in [3.63, 3.8) is 0 Å². The number of carbonyl (C=O) groups is 3. The first-order valence-corrected chi connectivity index (χ1v) is 9.71. The minimum Gasteiger partial charge on any atom is -0.350 e. The molecule has 29 heavy (non-hydrogen) atoms. The molecule has 0 atom stereocenters. The Bertz CT molecular complexity index is 898. The van der Waals surface area contributed by atoms with Crippen molar-refractivity contribution in [3.05, 3.63) is 64.4 Å². The number of halogens is 2. The summed E-state index contributed by atoms with van der Waals surface area (Å²) in [7, 11) is 0. The molecule has 0 aliphatic carbocycles. The highest BCUT2D eigenvalue weighted by Gasteiger charge is 2.19. The molecule has 1 heterocycles. The van der Waals surface area contributed by atoms with Crippen molar-refractivity contribution in [2.75, 3.05) is 18.0 Å². The highest BCUT2D eigenvalue weighted by molar-refractivity contribution is 6.33. The van der Waals surface area contributed by atoms with Crippen molar-refractivity contribution >= 4 is 35.0 Å². The van der Waals surface area contributed by atoms with Gasteiger partial charge in [-0.25, -0.2) is 4.39 Å². The summed E-state index contributed by atoms with van der Waals surface area (Å²) in [4.78, 5) is 37.7. The number of hydrogen-bond acceptors (Lipinski definition) is 3. The van der Waals surface area contributed by atoms with E-state index in [1.807, 2.05) is 24.3 Å². The van der Waals surface area contributed by atoms with Gasteiger partial charge in [0, 0.05) is 25.2 Å². The van der Waals surface area contributed by atoms with Crippen molar-refractivity contribution in [2.24, 2.45) is 0 Å². The summed E-state index contributed by atoms with van der Waals surface area (Å²) in [5, 5.41) is 5.02. The van der Waals surface area contributed by atoms with Gasteiger partial charge in [-0.1, -0.05) is 29.8 Å². The highest BCUT2D eigenvalue weighted by Crippen LogP contribution is 2.21. The molecule has 1 fully saturated rings. The van der Waals surface area contributed by atoms with Gasteiger partial charge in [-0.15, -0.1) is 0 Å². The van der Waals surface area contributed by atoms with E-state index in [0.717, 1.165) is 36.7 Å². The van der Waals surface area contributed by atoms with Crippen molar-refractivity contribution in [1.29, 1.82) is 0 Å². The van der Waals surface area contributed by atoms with Crippen LogP contribution in [-0.2, 0) is 16.1 Å². The lowest BCUT2D eigenvalue weighted by Crippen LogP contribution is -2.37. The van der Waals surface area contributed by atoms with E-state index < -0.39 is 17.6 Å². The molecular weight excluding hydrogens is 397 g/mol. The fraction of sp³-hybridized carbons (Fsp3) is 0.286. The van der Waals surface area contributed by atoms with E-state index in [1.165, 1.54) is 12.1 Å². The molecule has 3 rings (SSSR count). The maximum Gasteiger partial charge on any atom is 0.256 e. The van der Waals surface area contributed by atoms with Crippen LogP contribution >= 0.6 is 11.6 Å². The Kier molecular flexibility index (Phi) is 6.82. The summed E-state index contributed by atoms with van der Waals surface area (Å²) >= 11 is 5.83. The van der Waals surface area contributed by atoms with Gasteiger partial charge in [-0.05, 0) is 42.7 Å². The first kappa shape index (κ1) is 20.8. The van der Waals surface area contributed by atoms with Gasteiger partial charge < -0.3 is 15.5 Å². The monoisotopic (exact) mass is 417 g/mol. The van der Waals surface area contributed by atoms with Crippen LogP contribution in [0, 0.1) is 5.82 Å². The maximum absolute atomic E-state index is 13.7. The van der Waals surface area contributed by atoms with Crippen LogP contribution in [0.5, 0.6) is 0 Å². The van der Waals surface area contributed by atoms with Crippen LogP contribution in [0.2, 0.25) is 5.02 Å². The topological polar surface area (TPSA) is 78.5 Å². The predicted molar refractivity (Wildman–Crippen MR) is 108 cm³/mol. The number of rotatable bonds is 6. The van der Waals surface area contributed by atoms with E-state index in [1.54, 1.807) is 4.90 Å². The molecule has 8 heteroatoms. The van der Waals surface area contributed by atoms with E-state index >= 15 is 0 Å². The van der Waals surface area contributed by atoms with Crippen molar-refractivity contribution in [1.82, 2.24) is 10.6 Å². The first-order valence-electron chi connectivity index (χ1n) is 9.34. The minimum absolute atomic E-state index is 0.0183. The predicted octanol–water partition coefficient (Wildman–Crippen LogP) is 3.04. The molecule has 0 saturated carbocycles. The number of nitrogens with zero attached hydrogens (tertiary/aromatic N) is 1. The van der Waals surface area contributed by atoms with Crippen LogP contribution in [0.4, 0.5) is 10.1 Å². The third-order valence-electron chi connectivity index (χ3n) is 4.66.